The zero-order valence-corrected chi connectivity index (χ0v) is 8.82. The second kappa shape index (κ2) is 4.13. The normalized spacial score (nSPS) is 10.3. The first-order valence-electron chi connectivity index (χ1n) is 4.82. The van der Waals surface area contributed by atoms with Gasteiger partial charge in [-0.1, -0.05) is 6.07 Å². The van der Waals surface area contributed by atoms with Crippen LogP contribution in [0.15, 0.2) is 28.9 Å². The van der Waals surface area contributed by atoms with E-state index in [0.29, 0.717) is 6.01 Å². The van der Waals surface area contributed by atoms with Gasteiger partial charge in [-0.25, -0.2) is 0 Å². The molecule has 0 spiro atoms. The van der Waals surface area contributed by atoms with Crippen LogP contribution in [0, 0.1) is 6.92 Å². The highest BCUT2D eigenvalue weighted by Crippen LogP contribution is 2.17. The lowest BCUT2D eigenvalue weighted by atomic mass is 10.1. The van der Waals surface area contributed by atoms with Crippen LogP contribution in [0.1, 0.15) is 17.0 Å². The molecule has 0 saturated heterocycles. The Labute approximate surface area is 88.4 Å². The molecule has 0 radical (unpaired) electrons. The van der Waals surface area contributed by atoms with Crippen molar-refractivity contribution in [1.82, 2.24) is 9.97 Å². The van der Waals surface area contributed by atoms with Gasteiger partial charge in [0.15, 0.2) is 0 Å². The van der Waals surface area contributed by atoms with Crippen LogP contribution in [-0.4, -0.2) is 17.0 Å². The van der Waals surface area contributed by atoms with Crippen molar-refractivity contribution in [2.24, 2.45) is 0 Å². The van der Waals surface area contributed by atoms with Gasteiger partial charge in [-0.2, -0.15) is 4.98 Å². The summed E-state index contributed by atoms with van der Waals surface area (Å²) in [6, 6.07) is 4.50. The van der Waals surface area contributed by atoms with Crippen molar-refractivity contribution >= 4 is 6.01 Å². The van der Waals surface area contributed by atoms with E-state index in [1.54, 1.807) is 13.2 Å². The van der Waals surface area contributed by atoms with Crippen LogP contribution < -0.4 is 5.32 Å². The van der Waals surface area contributed by atoms with Crippen molar-refractivity contribution < 1.29 is 4.42 Å². The van der Waals surface area contributed by atoms with Crippen molar-refractivity contribution in [2.75, 3.05) is 12.4 Å². The number of oxazole rings is 1. The topological polar surface area (TPSA) is 51.0 Å². The number of pyridine rings is 1. The van der Waals surface area contributed by atoms with Crippen molar-refractivity contribution in [3.05, 3.63) is 41.5 Å². The minimum absolute atomic E-state index is 0.561. The quantitative estimate of drug-likeness (QED) is 0.829. The van der Waals surface area contributed by atoms with Gasteiger partial charge in [0, 0.05) is 25.9 Å². The third-order valence-electron chi connectivity index (χ3n) is 2.19. The molecule has 0 fully saturated rings. The van der Waals surface area contributed by atoms with Crippen molar-refractivity contribution in [3.63, 3.8) is 0 Å². The second-order valence-corrected chi connectivity index (χ2v) is 3.32. The molecule has 2 rings (SSSR count). The molecule has 2 aromatic rings. The van der Waals surface area contributed by atoms with E-state index in [-0.39, 0.29) is 0 Å². The third kappa shape index (κ3) is 2.15. The van der Waals surface area contributed by atoms with E-state index in [4.69, 9.17) is 4.42 Å². The summed E-state index contributed by atoms with van der Waals surface area (Å²) in [5, 5.41) is 2.88. The molecule has 0 aromatic carbocycles. The molecule has 15 heavy (non-hydrogen) atoms. The maximum absolute atomic E-state index is 5.52. The van der Waals surface area contributed by atoms with Gasteiger partial charge in [0.2, 0.25) is 0 Å². The molecule has 0 unspecified atom stereocenters. The Morgan fingerprint density at radius 2 is 2.33 bits per heavy atom. The zero-order chi connectivity index (χ0) is 10.7. The van der Waals surface area contributed by atoms with E-state index >= 15 is 0 Å². The van der Waals surface area contributed by atoms with Gasteiger partial charge in [0.25, 0.3) is 6.01 Å². The first-order valence-corrected chi connectivity index (χ1v) is 4.82. The number of hydrogen-bond donors (Lipinski definition) is 1. The summed E-state index contributed by atoms with van der Waals surface area (Å²) in [5.74, 6) is 0.882. The van der Waals surface area contributed by atoms with Crippen molar-refractivity contribution in [1.29, 1.82) is 0 Å². The average Bonchev–Trinajstić information content (AvgIpc) is 2.61. The predicted octanol–water partition coefficient (Wildman–Crippen LogP) is 2.01. The summed E-state index contributed by atoms with van der Waals surface area (Å²) in [5.41, 5.74) is 2.04. The van der Waals surface area contributed by atoms with Gasteiger partial charge in [-0.05, 0) is 18.6 Å². The summed E-state index contributed by atoms with van der Waals surface area (Å²) in [6.45, 7) is 1.94. The Hall–Kier alpha value is -1.84. The lowest BCUT2D eigenvalue weighted by molar-refractivity contribution is 0.528. The van der Waals surface area contributed by atoms with Gasteiger partial charge in [-0.15, -0.1) is 0 Å². The maximum Gasteiger partial charge on any atom is 0.294 e. The van der Waals surface area contributed by atoms with Crippen molar-refractivity contribution in [2.45, 2.75) is 13.3 Å². The number of aryl methyl sites for hydroxylation is 1. The molecule has 0 amide bonds. The highest BCUT2D eigenvalue weighted by molar-refractivity contribution is 5.27. The van der Waals surface area contributed by atoms with Crippen LogP contribution in [0.4, 0.5) is 6.01 Å². The van der Waals surface area contributed by atoms with Gasteiger partial charge < -0.3 is 9.73 Å². The zero-order valence-electron chi connectivity index (χ0n) is 8.82. The SMILES string of the molecule is CNc1nc(C)c(Cc2cccnc2)o1. The minimum Gasteiger partial charge on any atom is -0.428 e. The van der Waals surface area contributed by atoms with Gasteiger partial charge in [0.1, 0.15) is 5.76 Å². The highest BCUT2D eigenvalue weighted by Gasteiger charge is 2.08. The Morgan fingerprint density at radius 3 is 2.93 bits per heavy atom. The smallest absolute Gasteiger partial charge is 0.294 e. The van der Waals surface area contributed by atoms with E-state index in [9.17, 15) is 0 Å². The van der Waals surface area contributed by atoms with Crippen LogP contribution in [-0.2, 0) is 6.42 Å². The Bertz CT molecular complexity index is 436. The molecule has 0 bridgehead atoms. The number of nitrogens with zero attached hydrogens (tertiary/aromatic N) is 2. The van der Waals surface area contributed by atoms with E-state index in [1.165, 1.54) is 0 Å². The number of hydrogen-bond acceptors (Lipinski definition) is 4. The highest BCUT2D eigenvalue weighted by atomic mass is 16.4. The van der Waals surface area contributed by atoms with Crippen LogP contribution >= 0.6 is 0 Å². The lowest BCUT2D eigenvalue weighted by Crippen LogP contribution is -1.88. The molecule has 0 atom stereocenters. The number of aromatic nitrogens is 2. The van der Waals surface area contributed by atoms with Crippen LogP contribution in [0.25, 0.3) is 0 Å². The van der Waals surface area contributed by atoms with Crippen LogP contribution in [0.3, 0.4) is 0 Å². The summed E-state index contributed by atoms with van der Waals surface area (Å²) < 4.78 is 5.52. The Balaban J connectivity index is 2.21. The third-order valence-corrected chi connectivity index (χ3v) is 2.19. The molecule has 4 heteroatoms. The number of anilines is 1. The second-order valence-electron chi connectivity index (χ2n) is 3.32. The molecule has 0 saturated carbocycles. The van der Waals surface area contributed by atoms with Gasteiger partial charge >= 0.3 is 0 Å². The van der Waals surface area contributed by atoms with E-state index in [2.05, 4.69) is 15.3 Å². The predicted molar refractivity (Wildman–Crippen MR) is 57.8 cm³/mol. The fraction of sp³-hybridized carbons (Fsp3) is 0.273. The van der Waals surface area contributed by atoms with Gasteiger partial charge in [0.05, 0.1) is 5.69 Å². The molecule has 78 valence electrons. The first kappa shape index (κ1) is 9.71. The molecule has 2 aromatic heterocycles. The number of rotatable bonds is 3. The van der Waals surface area contributed by atoms with Crippen LogP contribution in [0.2, 0.25) is 0 Å². The molecular weight excluding hydrogens is 190 g/mol. The molecule has 2 heterocycles. The largest absolute Gasteiger partial charge is 0.428 e. The molecule has 0 aliphatic heterocycles. The molecule has 4 nitrogen and oxygen atoms in total. The van der Waals surface area contributed by atoms with Crippen molar-refractivity contribution in [3.8, 4) is 0 Å². The van der Waals surface area contributed by atoms with E-state index in [1.807, 2.05) is 25.3 Å². The van der Waals surface area contributed by atoms with Crippen LogP contribution in [0.5, 0.6) is 0 Å². The summed E-state index contributed by atoms with van der Waals surface area (Å²) >= 11 is 0. The summed E-state index contributed by atoms with van der Waals surface area (Å²) in [7, 11) is 1.79. The monoisotopic (exact) mass is 203 g/mol. The van der Waals surface area contributed by atoms with E-state index in [0.717, 1.165) is 23.4 Å². The lowest BCUT2D eigenvalue weighted by Gasteiger charge is -1.97. The molecule has 0 aliphatic carbocycles. The maximum atomic E-state index is 5.52. The standard InChI is InChI=1S/C11H13N3O/c1-8-10(15-11(12-2)14-8)6-9-4-3-5-13-7-9/h3-5,7H,6H2,1-2H3,(H,12,14). The molecule has 1 N–H and O–H groups in total. The van der Waals surface area contributed by atoms with E-state index < -0.39 is 0 Å². The fourth-order valence-electron chi connectivity index (χ4n) is 1.39. The van der Waals surface area contributed by atoms with Gasteiger partial charge in [-0.3, -0.25) is 4.98 Å². The average molecular weight is 203 g/mol. The first-order chi connectivity index (χ1) is 7.29. The Kier molecular flexibility index (Phi) is 2.67. The Morgan fingerprint density at radius 1 is 1.47 bits per heavy atom. The summed E-state index contributed by atoms with van der Waals surface area (Å²) in [4.78, 5) is 8.29. The minimum atomic E-state index is 0.561. The number of nitrogens with one attached hydrogen (secondary N) is 1. The fourth-order valence-corrected chi connectivity index (χ4v) is 1.39. The molecular formula is C11H13N3O. The summed E-state index contributed by atoms with van der Waals surface area (Å²) in [6.07, 6.45) is 4.32. The molecule has 0 aliphatic rings.